The number of anilines is 2. The molecular weight excluding hydrogens is 504 g/mol. The molecule has 0 atom stereocenters. The first-order valence-corrected chi connectivity index (χ1v) is 12.3. The van der Waals surface area contributed by atoms with E-state index in [0.29, 0.717) is 28.2 Å². The molecule has 12 heteroatoms. The molecule has 0 aliphatic rings. The molecule has 2 heterocycles. The first-order chi connectivity index (χ1) is 17.3. The van der Waals surface area contributed by atoms with E-state index in [1.165, 1.54) is 18.7 Å². The van der Waals surface area contributed by atoms with Crippen molar-refractivity contribution in [3.05, 3.63) is 95.5 Å². The number of hydrogen-bond acceptors (Lipinski definition) is 7. The summed E-state index contributed by atoms with van der Waals surface area (Å²) in [5, 5.41) is 20.4. The summed E-state index contributed by atoms with van der Waals surface area (Å²) in [7, 11) is -4.46. The fourth-order valence-electron chi connectivity index (χ4n) is 3.79. The van der Waals surface area contributed by atoms with Crippen molar-refractivity contribution < 1.29 is 17.4 Å². The number of halogens is 1. The fraction of sp³-hybridized carbons (Fsp3) is 0.0417. The number of fused-ring (bicyclic) bond motifs is 1. The highest BCUT2D eigenvalue weighted by Crippen LogP contribution is 2.34. The maximum Gasteiger partial charge on any atom is 0.357 e. The van der Waals surface area contributed by atoms with Gasteiger partial charge in [0.1, 0.15) is 24.0 Å². The summed E-state index contributed by atoms with van der Waals surface area (Å²) < 4.78 is 41.0. The lowest BCUT2D eigenvalue weighted by Gasteiger charge is -2.26. The molecule has 0 unspecified atom stereocenters. The molecule has 3 aromatic carbocycles. The SMILES string of the molecule is N#Cc1ccc(N(Cc2ccc(NS(=O)(=O)O)c(Cl)c2)n2cnnc2)cc1-c1cc2ccccc2o1. The average Bonchev–Trinajstić information content (AvgIpc) is 3.53. The van der Waals surface area contributed by atoms with Gasteiger partial charge >= 0.3 is 10.3 Å². The van der Waals surface area contributed by atoms with Gasteiger partial charge in [-0.3, -0.25) is 14.3 Å². The summed E-state index contributed by atoms with van der Waals surface area (Å²) in [5.41, 5.74) is 3.26. The van der Waals surface area contributed by atoms with Crippen molar-refractivity contribution in [2.75, 3.05) is 9.73 Å². The number of furan rings is 1. The van der Waals surface area contributed by atoms with Crippen molar-refractivity contribution in [1.82, 2.24) is 14.9 Å². The molecule has 10 nitrogen and oxygen atoms in total. The Morgan fingerprint density at radius 3 is 2.56 bits per heavy atom. The summed E-state index contributed by atoms with van der Waals surface area (Å²) in [6.45, 7) is 0.287. The second-order valence-corrected chi connectivity index (χ2v) is 9.34. The van der Waals surface area contributed by atoms with Crippen LogP contribution in [0, 0.1) is 11.3 Å². The number of nitrogens with zero attached hydrogens (tertiary/aromatic N) is 5. The number of benzene rings is 3. The molecule has 2 N–H and O–H groups in total. The third-order valence-corrected chi connectivity index (χ3v) is 6.19. The molecule has 0 amide bonds. The Labute approximate surface area is 210 Å². The lowest BCUT2D eigenvalue weighted by Crippen LogP contribution is -2.28. The molecule has 0 aliphatic carbocycles. The zero-order chi connectivity index (χ0) is 25.3. The third-order valence-electron chi connectivity index (χ3n) is 5.40. The standard InChI is InChI=1S/C24H17ClN6O4S/c25-21-9-16(5-8-22(21)29-36(32,33)34)13-31(30-14-27-28-15-30)19-7-6-18(12-26)20(11-19)24-10-17-3-1-2-4-23(17)35-24/h1-11,14-15,29H,13H2,(H,32,33,34). The van der Waals surface area contributed by atoms with E-state index in [0.717, 1.165) is 10.9 Å². The molecule has 0 aliphatic heterocycles. The summed E-state index contributed by atoms with van der Waals surface area (Å²) in [5.74, 6) is 0.557. The van der Waals surface area contributed by atoms with Crippen LogP contribution in [-0.2, 0) is 16.8 Å². The summed E-state index contributed by atoms with van der Waals surface area (Å²) in [6, 6.07) is 21.7. The molecule has 5 rings (SSSR count). The summed E-state index contributed by atoms with van der Waals surface area (Å²) in [4.78, 5) is 0. The van der Waals surface area contributed by atoms with Gasteiger partial charge in [-0.15, -0.1) is 10.2 Å². The Kier molecular flexibility index (Phi) is 6.07. The zero-order valence-corrected chi connectivity index (χ0v) is 20.0. The number of nitriles is 1. The second kappa shape index (κ2) is 9.35. The van der Waals surface area contributed by atoms with Gasteiger partial charge in [0.15, 0.2) is 0 Å². The molecule has 0 radical (unpaired) electrons. The quantitative estimate of drug-likeness (QED) is 0.289. The van der Waals surface area contributed by atoms with Gasteiger partial charge < -0.3 is 4.42 Å². The van der Waals surface area contributed by atoms with Crippen LogP contribution in [0.2, 0.25) is 5.02 Å². The minimum atomic E-state index is -4.46. The minimum absolute atomic E-state index is 0.0457. The van der Waals surface area contributed by atoms with Crippen LogP contribution < -0.4 is 9.73 Å². The van der Waals surface area contributed by atoms with Crippen molar-refractivity contribution in [3.8, 4) is 17.4 Å². The van der Waals surface area contributed by atoms with Crippen molar-refractivity contribution in [2.24, 2.45) is 0 Å². The molecule has 0 bridgehead atoms. The number of para-hydroxylation sites is 1. The van der Waals surface area contributed by atoms with Gasteiger partial charge in [-0.25, -0.2) is 4.68 Å². The van der Waals surface area contributed by atoms with E-state index in [4.69, 9.17) is 20.6 Å². The van der Waals surface area contributed by atoms with Crippen molar-refractivity contribution in [2.45, 2.75) is 6.54 Å². The van der Waals surface area contributed by atoms with Crippen LogP contribution in [0.15, 0.2) is 83.8 Å². The first kappa shape index (κ1) is 23.4. The Balaban J connectivity index is 1.55. The number of hydrogen-bond donors (Lipinski definition) is 2. The van der Waals surface area contributed by atoms with Gasteiger partial charge in [0, 0.05) is 10.9 Å². The molecular formula is C24H17ClN6O4S. The minimum Gasteiger partial charge on any atom is -0.456 e. The normalized spacial score (nSPS) is 11.4. The number of aromatic nitrogens is 3. The number of nitrogens with one attached hydrogen (secondary N) is 1. The van der Waals surface area contributed by atoms with Crippen LogP contribution in [-0.4, -0.2) is 27.8 Å². The van der Waals surface area contributed by atoms with Crippen LogP contribution in [0.1, 0.15) is 11.1 Å². The predicted molar refractivity (Wildman–Crippen MR) is 135 cm³/mol. The highest BCUT2D eigenvalue weighted by Gasteiger charge is 2.17. The van der Waals surface area contributed by atoms with Crippen LogP contribution in [0.4, 0.5) is 11.4 Å². The smallest absolute Gasteiger partial charge is 0.357 e. The Morgan fingerprint density at radius 1 is 1.08 bits per heavy atom. The molecule has 180 valence electrons. The van der Waals surface area contributed by atoms with E-state index < -0.39 is 10.3 Å². The highest BCUT2D eigenvalue weighted by molar-refractivity contribution is 7.87. The van der Waals surface area contributed by atoms with Gasteiger partial charge in [0.25, 0.3) is 0 Å². The van der Waals surface area contributed by atoms with E-state index in [1.807, 2.05) is 46.1 Å². The summed E-state index contributed by atoms with van der Waals surface area (Å²) in [6.07, 6.45) is 3.05. The number of rotatable bonds is 7. The fourth-order valence-corrected chi connectivity index (χ4v) is 4.55. The topological polar surface area (TPSA) is 137 Å². The largest absolute Gasteiger partial charge is 0.456 e. The van der Waals surface area contributed by atoms with Crippen LogP contribution >= 0.6 is 11.6 Å². The maximum atomic E-state index is 11.1. The van der Waals surface area contributed by atoms with E-state index in [9.17, 15) is 13.7 Å². The van der Waals surface area contributed by atoms with Crippen LogP contribution in [0.25, 0.3) is 22.3 Å². The van der Waals surface area contributed by atoms with Crippen molar-refractivity contribution in [3.63, 3.8) is 0 Å². The molecule has 5 aromatic rings. The Bertz CT molecular complexity index is 1680. The molecule has 0 saturated heterocycles. The van der Waals surface area contributed by atoms with Crippen molar-refractivity contribution >= 4 is 44.2 Å². The zero-order valence-electron chi connectivity index (χ0n) is 18.4. The molecule has 0 saturated carbocycles. The monoisotopic (exact) mass is 520 g/mol. The van der Waals surface area contributed by atoms with Gasteiger partial charge in [0.2, 0.25) is 0 Å². The molecule has 36 heavy (non-hydrogen) atoms. The van der Waals surface area contributed by atoms with E-state index in [1.54, 1.807) is 28.9 Å². The van der Waals surface area contributed by atoms with E-state index in [2.05, 4.69) is 16.3 Å². The predicted octanol–water partition coefficient (Wildman–Crippen LogP) is 4.90. The van der Waals surface area contributed by atoms with Crippen LogP contribution in [0.3, 0.4) is 0 Å². The average molecular weight is 521 g/mol. The Morgan fingerprint density at radius 2 is 1.86 bits per heavy atom. The summed E-state index contributed by atoms with van der Waals surface area (Å²) >= 11 is 6.24. The second-order valence-electron chi connectivity index (χ2n) is 7.78. The highest BCUT2D eigenvalue weighted by atomic mass is 35.5. The van der Waals surface area contributed by atoms with Gasteiger partial charge in [0.05, 0.1) is 34.6 Å². The Hall–Kier alpha value is -4.37. The van der Waals surface area contributed by atoms with Gasteiger partial charge in [-0.2, -0.15) is 13.7 Å². The van der Waals surface area contributed by atoms with Gasteiger partial charge in [-0.1, -0.05) is 35.9 Å². The van der Waals surface area contributed by atoms with E-state index >= 15 is 0 Å². The maximum absolute atomic E-state index is 11.1. The lowest BCUT2D eigenvalue weighted by molar-refractivity contribution is 0.489. The first-order valence-electron chi connectivity index (χ1n) is 10.5. The lowest BCUT2D eigenvalue weighted by atomic mass is 10.0. The molecule has 0 spiro atoms. The van der Waals surface area contributed by atoms with E-state index in [-0.39, 0.29) is 17.3 Å². The molecule has 0 fully saturated rings. The third kappa shape index (κ3) is 4.87. The van der Waals surface area contributed by atoms with Crippen LogP contribution in [0.5, 0.6) is 0 Å². The molecule has 2 aromatic heterocycles. The van der Waals surface area contributed by atoms with Crippen molar-refractivity contribution in [1.29, 1.82) is 5.26 Å². The van der Waals surface area contributed by atoms with Gasteiger partial charge in [-0.05, 0) is 48.0 Å².